The highest BCUT2D eigenvalue weighted by Gasteiger charge is 2.27. The van der Waals surface area contributed by atoms with Gasteiger partial charge >= 0.3 is 6.09 Å². The molecule has 0 aliphatic heterocycles. The molecule has 3 aromatic carbocycles. The number of carbonyl (C=O) groups excluding carboxylic acids is 1. The van der Waals surface area contributed by atoms with E-state index in [-0.39, 0.29) is 11.7 Å². The number of amides is 1. The first kappa shape index (κ1) is 28.3. The second kappa shape index (κ2) is 12.5. The van der Waals surface area contributed by atoms with Crippen LogP contribution in [0.15, 0.2) is 60.7 Å². The smallest absolute Gasteiger partial charge is 0.388 e. The van der Waals surface area contributed by atoms with Crippen LogP contribution in [0.4, 0.5) is 14.9 Å². The summed E-state index contributed by atoms with van der Waals surface area (Å²) in [5, 5.41) is 6.36. The number of benzene rings is 3. The third-order valence-corrected chi connectivity index (χ3v) is 7.48. The van der Waals surface area contributed by atoms with Gasteiger partial charge in [-0.25, -0.2) is 19.3 Å². The van der Waals surface area contributed by atoms with Crippen LogP contribution in [-0.2, 0) is 6.42 Å². The van der Waals surface area contributed by atoms with Gasteiger partial charge in [0.2, 0.25) is 5.88 Å². The lowest BCUT2D eigenvalue weighted by atomic mass is 9.92. The van der Waals surface area contributed by atoms with E-state index in [0.29, 0.717) is 37.9 Å². The maximum absolute atomic E-state index is 13.6. The second-order valence-electron chi connectivity index (χ2n) is 9.19. The summed E-state index contributed by atoms with van der Waals surface area (Å²) in [6, 6.07) is 16.2. The fourth-order valence-electron chi connectivity index (χ4n) is 4.53. The number of hydrogen-bond donors (Lipinski definition) is 2. The van der Waals surface area contributed by atoms with E-state index in [1.54, 1.807) is 53.2 Å². The second-order valence-corrected chi connectivity index (χ2v) is 10.9. The van der Waals surface area contributed by atoms with Crippen molar-refractivity contribution in [3.63, 3.8) is 0 Å². The molecule has 6 nitrogen and oxygen atoms in total. The first-order chi connectivity index (χ1) is 19.3. The molecule has 0 unspecified atom stereocenters. The van der Waals surface area contributed by atoms with E-state index in [0.717, 1.165) is 48.1 Å². The number of halogens is 5. The summed E-state index contributed by atoms with van der Waals surface area (Å²) >= 11 is 24.9. The van der Waals surface area contributed by atoms with Gasteiger partial charge in [-0.15, -0.1) is 5.10 Å². The Morgan fingerprint density at radius 1 is 0.900 bits per heavy atom. The van der Waals surface area contributed by atoms with E-state index in [9.17, 15) is 9.18 Å². The number of rotatable bonds is 5. The minimum absolute atomic E-state index is 0.148. The summed E-state index contributed by atoms with van der Waals surface area (Å²) in [5.41, 5.74) is 9.57. The Labute approximate surface area is 250 Å². The third-order valence-electron chi connectivity index (χ3n) is 6.39. The molecule has 0 saturated carbocycles. The first-order valence-electron chi connectivity index (χ1n) is 12.5. The van der Waals surface area contributed by atoms with Gasteiger partial charge in [0.25, 0.3) is 0 Å². The van der Waals surface area contributed by atoms with Crippen molar-refractivity contribution in [1.29, 1.82) is 0 Å². The Morgan fingerprint density at radius 3 is 2.33 bits per heavy atom. The average molecular weight is 620 g/mol. The van der Waals surface area contributed by atoms with Crippen LogP contribution < -0.4 is 15.6 Å². The zero-order valence-corrected chi connectivity index (χ0v) is 24.0. The minimum atomic E-state index is -0.785. The Bertz CT molecular complexity index is 1590. The van der Waals surface area contributed by atoms with Crippen molar-refractivity contribution >= 4 is 69.8 Å². The molecule has 1 aliphatic rings. The van der Waals surface area contributed by atoms with Crippen LogP contribution in [0.3, 0.4) is 0 Å². The summed E-state index contributed by atoms with van der Waals surface area (Å²) in [6.45, 7) is 0. The zero-order chi connectivity index (χ0) is 28.2. The SMILES string of the molecule is O=C(NNc1ccc(Cl)cc1Cl)Oc1nn(-c2ccc(Cl)cc2Cl)c2c1CCCCC/C2=C\c1ccc(F)cc1. The van der Waals surface area contributed by atoms with E-state index in [1.807, 2.05) is 6.08 Å². The fraction of sp³-hybridized carbons (Fsp3) is 0.172. The summed E-state index contributed by atoms with van der Waals surface area (Å²) in [5.74, 6) is -0.164. The van der Waals surface area contributed by atoms with Gasteiger partial charge < -0.3 is 4.74 Å². The number of nitrogens with zero attached hydrogens (tertiary/aromatic N) is 2. The van der Waals surface area contributed by atoms with Gasteiger partial charge in [-0.3, -0.25) is 5.43 Å². The van der Waals surface area contributed by atoms with E-state index < -0.39 is 6.09 Å². The Balaban J connectivity index is 1.55. The summed E-state index contributed by atoms with van der Waals surface area (Å²) < 4.78 is 21.0. The quantitative estimate of drug-likeness (QED) is 0.218. The number of ether oxygens (including phenoxy) is 1. The number of anilines is 1. The zero-order valence-electron chi connectivity index (χ0n) is 21.0. The molecule has 0 radical (unpaired) electrons. The molecule has 40 heavy (non-hydrogen) atoms. The first-order valence-corrected chi connectivity index (χ1v) is 14.0. The maximum Gasteiger partial charge on any atom is 0.432 e. The van der Waals surface area contributed by atoms with Crippen LogP contribution >= 0.6 is 46.4 Å². The number of carbonyl (C=O) groups is 1. The molecule has 0 bridgehead atoms. The fourth-order valence-corrected chi connectivity index (χ4v) is 5.47. The summed E-state index contributed by atoms with van der Waals surface area (Å²) in [6.07, 6.45) is 5.40. The number of hydrogen-bond acceptors (Lipinski definition) is 4. The van der Waals surface area contributed by atoms with E-state index >= 15 is 0 Å². The topological polar surface area (TPSA) is 68.2 Å². The summed E-state index contributed by atoms with van der Waals surface area (Å²) in [4.78, 5) is 12.9. The lowest BCUT2D eigenvalue weighted by molar-refractivity contribution is 0.200. The monoisotopic (exact) mass is 618 g/mol. The van der Waals surface area contributed by atoms with Crippen LogP contribution in [0.5, 0.6) is 5.88 Å². The highest BCUT2D eigenvalue weighted by Crippen LogP contribution is 2.38. The lowest BCUT2D eigenvalue weighted by Gasteiger charge is -2.17. The Kier molecular flexibility index (Phi) is 8.86. The molecule has 0 saturated heterocycles. The number of hydrazine groups is 1. The standard InChI is InChI=1S/C29H23Cl4FN4O2/c30-19-8-12-25(23(32)15-19)35-36-29(39)40-28-22-5-3-1-2-4-18(14-17-6-10-21(34)11-7-17)27(22)38(37-28)26-13-9-20(31)16-24(26)33/h6-16,35H,1-5H2,(H,36,39)/b18-14+. The molecule has 5 rings (SSSR count). The van der Waals surface area contributed by atoms with Crippen molar-refractivity contribution in [1.82, 2.24) is 15.2 Å². The molecule has 0 fully saturated rings. The van der Waals surface area contributed by atoms with Crippen molar-refractivity contribution in [2.45, 2.75) is 32.1 Å². The molecule has 1 aromatic heterocycles. The molecular weight excluding hydrogens is 597 g/mol. The molecule has 0 spiro atoms. The average Bonchev–Trinajstić information content (AvgIpc) is 3.23. The number of aromatic nitrogens is 2. The highest BCUT2D eigenvalue weighted by molar-refractivity contribution is 6.36. The van der Waals surface area contributed by atoms with Gasteiger partial charge in [0.15, 0.2) is 0 Å². The summed E-state index contributed by atoms with van der Waals surface area (Å²) in [7, 11) is 0. The van der Waals surface area contributed by atoms with E-state index in [4.69, 9.17) is 56.2 Å². The van der Waals surface area contributed by atoms with Crippen LogP contribution in [-0.4, -0.2) is 15.9 Å². The van der Waals surface area contributed by atoms with Crippen LogP contribution in [0.25, 0.3) is 17.3 Å². The van der Waals surface area contributed by atoms with Crippen molar-refractivity contribution in [2.24, 2.45) is 0 Å². The van der Waals surface area contributed by atoms with Crippen LogP contribution in [0, 0.1) is 5.82 Å². The van der Waals surface area contributed by atoms with E-state index in [2.05, 4.69) is 10.9 Å². The predicted octanol–water partition coefficient (Wildman–Crippen LogP) is 9.40. The van der Waals surface area contributed by atoms with Gasteiger partial charge in [0, 0.05) is 15.6 Å². The van der Waals surface area contributed by atoms with Gasteiger partial charge in [0.05, 0.1) is 27.1 Å². The molecule has 1 aliphatic carbocycles. The Morgan fingerprint density at radius 2 is 1.60 bits per heavy atom. The van der Waals surface area contributed by atoms with Gasteiger partial charge in [-0.1, -0.05) is 65.0 Å². The van der Waals surface area contributed by atoms with Gasteiger partial charge in [-0.05, 0) is 91.4 Å². The largest absolute Gasteiger partial charge is 0.432 e. The molecule has 0 atom stereocenters. The number of nitrogens with one attached hydrogen (secondary N) is 2. The van der Waals surface area contributed by atoms with Crippen molar-refractivity contribution in [3.05, 3.63) is 103 Å². The minimum Gasteiger partial charge on any atom is -0.388 e. The predicted molar refractivity (Wildman–Crippen MR) is 159 cm³/mol. The highest BCUT2D eigenvalue weighted by atomic mass is 35.5. The molecule has 1 amide bonds. The number of allylic oxidation sites excluding steroid dienone is 1. The molecular formula is C29H23Cl4FN4O2. The van der Waals surface area contributed by atoms with Crippen LogP contribution in [0.2, 0.25) is 20.1 Å². The number of fused-ring (bicyclic) bond motifs is 1. The molecule has 11 heteroatoms. The molecule has 4 aromatic rings. The maximum atomic E-state index is 13.6. The third kappa shape index (κ3) is 6.56. The molecule has 206 valence electrons. The van der Waals surface area contributed by atoms with Crippen molar-refractivity contribution < 1.29 is 13.9 Å². The molecule has 1 heterocycles. The van der Waals surface area contributed by atoms with Crippen LogP contribution in [0.1, 0.15) is 42.5 Å². The Hall–Kier alpha value is -3.23. The van der Waals surface area contributed by atoms with Gasteiger partial charge in [0.1, 0.15) is 5.82 Å². The van der Waals surface area contributed by atoms with Gasteiger partial charge in [-0.2, -0.15) is 0 Å². The van der Waals surface area contributed by atoms with Crippen molar-refractivity contribution in [2.75, 3.05) is 5.43 Å². The lowest BCUT2D eigenvalue weighted by Crippen LogP contribution is -2.32. The normalized spacial score (nSPS) is 14.3. The van der Waals surface area contributed by atoms with E-state index in [1.165, 1.54) is 12.1 Å². The molecule has 2 N–H and O–H groups in total. The van der Waals surface area contributed by atoms with Crippen molar-refractivity contribution in [3.8, 4) is 11.6 Å².